The zero-order valence-electron chi connectivity index (χ0n) is 12.2. The van der Waals surface area contributed by atoms with Crippen LogP contribution in [0.5, 0.6) is 0 Å². The Morgan fingerprint density at radius 1 is 0.870 bits per heavy atom. The summed E-state index contributed by atoms with van der Waals surface area (Å²) in [6, 6.07) is 0. The fraction of sp³-hybridized carbons (Fsp3) is 1.00. The molecule has 2 fully saturated rings. The highest BCUT2D eigenvalue weighted by Crippen LogP contribution is 2.35. The predicted octanol–water partition coefficient (Wildman–Crippen LogP) is -5.43. The monoisotopic (exact) mass is 341 g/mol. The maximum Gasteiger partial charge on any atom is 0.212 e. The van der Waals surface area contributed by atoms with Crippen molar-refractivity contribution in [3.63, 3.8) is 0 Å². The van der Waals surface area contributed by atoms with Gasteiger partial charge in [-0.15, -0.1) is 0 Å². The van der Waals surface area contributed by atoms with Crippen LogP contribution in [0.25, 0.3) is 0 Å². The molecule has 2 aliphatic rings. The third-order valence-corrected chi connectivity index (χ3v) is 4.13. The quantitative estimate of drug-likeness (QED) is 0.238. The van der Waals surface area contributed by atoms with Gasteiger partial charge in [0.15, 0.2) is 6.29 Å². The Kier molecular flexibility index (Phi) is 5.92. The molecule has 0 amide bonds. The largest absolute Gasteiger partial charge is 0.394 e. The lowest BCUT2D eigenvalue weighted by Crippen LogP contribution is -2.63. The van der Waals surface area contributed by atoms with Gasteiger partial charge >= 0.3 is 0 Å². The maximum atomic E-state index is 10.1. The molecule has 0 aromatic rings. The first kappa shape index (κ1) is 18.9. The number of aliphatic hydroxyl groups excluding tert-OH is 7. The number of rotatable bonds is 5. The molecule has 23 heavy (non-hydrogen) atoms. The molecule has 0 aromatic carbocycles. The van der Waals surface area contributed by atoms with E-state index in [9.17, 15) is 25.5 Å². The Morgan fingerprint density at radius 3 is 1.96 bits per heavy atom. The average Bonchev–Trinajstić information content (AvgIpc) is 2.80. The third-order valence-electron chi connectivity index (χ3n) is 4.13. The van der Waals surface area contributed by atoms with Crippen molar-refractivity contribution in [2.24, 2.45) is 5.73 Å². The van der Waals surface area contributed by atoms with Gasteiger partial charge in [-0.2, -0.15) is 0 Å². The van der Waals surface area contributed by atoms with Crippen LogP contribution in [0.1, 0.15) is 0 Å². The Morgan fingerprint density at radius 2 is 1.48 bits per heavy atom. The summed E-state index contributed by atoms with van der Waals surface area (Å²) in [5.41, 5.74) is 5.53. The van der Waals surface area contributed by atoms with E-state index in [1.165, 1.54) is 0 Å². The first-order chi connectivity index (χ1) is 10.8. The Balaban J connectivity index is 2.18. The Labute approximate surface area is 131 Å². The lowest BCUT2D eigenvalue weighted by atomic mass is 9.99. The van der Waals surface area contributed by atoms with Gasteiger partial charge in [-0.1, -0.05) is 0 Å². The van der Waals surface area contributed by atoms with Gasteiger partial charge in [0.2, 0.25) is 5.79 Å². The predicted molar refractivity (Wildman–Crippen MR) is 70.6 cm³/mol. The zero-order chi connectivity index (χ0) is 17.4. The number of ether oxygens (including phenoxy) is 3. The molecule has 0 radical (unpaired) electrons. The molecule has 2 heterocycles. The second-order valence-electron chi connectivity index (χ2n) is 5.61. The van der Waals surface area contributed by atoms with E-state index >= 15 is 0 Å². The lowest BCUT2D eigenvalue weighted by Gasteiger charge is -2.43. The van der Waals surface area contributed by atoms with Gasteiger partial charge < -0.3 is 55.7 Å². The molecular formula is C12H23NO10. The standard InChI is InChI=1S/C12H23NO10/c13-3-12(10(20)7(17)5(2-15)22-12)23-11-9(19)8(18)6(16)4(1-14)21-11/h4-11,14-20H,1-3,13H2/t4-,5-,6-,7-,8+,9-,10+,11-,12+/m1/s1. The van der Waals surface area contributed by atoms with E-state index < -0.39 is 74.6 Å². The van der Waals surface area contributed by atoms with Gasteiger partial charge in [-0.25, -0.2) is 0 Å². The first-order valence-corrected chi connectivity index (χ1v) is 7.14. The van der Waals surface area contributed by atoms with Gasteiger partial charge in [0.05, 0.1) is 19.8 Å². The Hall–Kier alpha value is -0.440. The minimum atomic E-state index is -2.00. The minimum Gasteiger partial charge on any atom is -0.394 e. The summed E-state index contributed by atoms with van der Waals surface area (Å²) in [5, 5.41) is 67.5. The molecule has 11 heteroatoms. The van der Waals surface area contributed by atoms with E-state index in [-0.39, 0.29) is 0 Å². The molecule has 9 N–H and O–H groups in total. The summed E-state index contributed by atoms with van der Waals surface area (Å²) in [6.07, 6.45) is -12.1. The SMILES string of the molecule is NC[C@@]1(O[C@H]2O[C@H](CO)[C@@H](O)[C@H](O)[C@H]2O)O[C@H](CO)[C@@H](O)[C@@H]1O. The van der Waals surface area contributed by atoms with Crippen molar-refractivity contribution in [1.29, 1.82) is 0 Å². The summed E-state index contributed by atoms with van der Waals surface area (Å²) in [6.45, 7) is -1.74. The summed E-state index contributed by atoms with van der Waals surface area (Å²) in [5.74, 6) is -2.00. The minimum absolute atomic E-state index is 0.462. The van der Waals surface area contributed by atoms with Crippen LogP contribution in [-0.4, -0.2) is 110 Å². The third kappa shape index (κ3) is 3.23. The number of nitrogens with two attached hydrogens (primary N) is 1. The van der Waals surface area contributed by atoms with Crippen molar-refractivity contribution in [2.75, 3.05) is 19.8 Å². The molecule has 0 spiro atoms. The van der Waals surface area contributed by atoms with Gasteiger partial charge in [-0.05, 0) is 0 Å². The van der Waals surface area contributed by atoms with Gasteiger partial charge in [-0.3, -0.25) is 0 Å². The lowest BCUT2D eigenvalue weighted by molar-refractivity contribution is -0.375. The maximum absolute atomic E-state index is 10.1. The van der Waals surface area contributed by atoms with Crippen LogP contribution < -0.4 is 5.73 Å². The molecule has 136 valence electrons. The van der Waals surface area contributed by atoms with Gasteiger partial charge in [0.25, 0.3) is 0 Å². The van der Waals surface area contributed by atoms with E-state index in [4.69, 9.17) is 30.2 Å². The number of hydrogen-bond donors (Lipinski definition) is 8. The van der Waals surface area contributed by atoms with Crippen LogP contribution in [0.15, 0.2) is 0 Å². The number of aliphatic hydroxyl groups is 7. The smallest absolute Gasteiger partial charge is 0.212 e. The molecule has 0 saturated carbocycles. The van der Waals surface area contributed by atoms with Crippen molar-refractivity contribution in [3.05, 3.63) is 0 Å². The molecule has 0 bridgehead atoms. The van der Waals surface area contributed by atoms with Crippen LogP contribution in [0, 0.1) is 0 Å². The van der Waals surface area contributed by atoms with Crippen molar-refractivity contribution >= 4 is 0 Å². The Bertz CT molecular complexity index is 398. The van der Waals surface area contributed by atoms with E-state index in [0.29, 0.717) is 0 Å². The fourth-order valence-electron chi connectivity index (χ4n) is 2.68. The van der Waals surface area contributed by atoms with Crippen LogP contribution in [0.2, 0.25) is 0 Å². The van der Waals surface area contributed by atoms with Crippen molar-refractivity contribution in [2.45, 2.75) is 54.8 Å². The normalized spacial score (nSPS) is 51.1. The van der Waals surface area contributed by atoms with Crippen LogP contribution in [0.4, 0.5) is 0 Å². The van der Waals surface area contributed by atoms with E-state index in [1.807, 2.05) is 0 Å². The van der Waals surface area contributed by atoms with Crippen molar-refractivity contribution in [1.82, 2.24) is 0 Å². The van der Waals surface area contributed by atoms with Crippen LogP contribution in [-0.2, 0) is 14.2 Å². The molecule has 2 rings (SSSR count). The van der Waals surface area contributed by atoms with Crippen molar-refractivity contribution in [3.8, 4) is 0 Å². The molecule has 0 aliphatic carbocycles. The molecule has 9 atom stereocenters. The molecular weight excluding hydrogens is 318 g/mol. The van der Waals surface area contributed by atoms with E-state index in [2.05, 4.69) is 0 Å². The molecule has 0 aromatic heterocycles. The first-order valence-electron chi connectivity index (χ1n) is 7.14. The van der Waals surface area contributed by atoms with Crippen LogP contribution in [0.3, 0.4) is 0 Å². The topological polar surface area (TPSA) is 195 Å². The number of hydrogen-bond acceptors (Lipinski definition) is 11. The summed E-state index contributed by atoms with van der Waals surface area (Å²) in [7, 11) is 0. The second kappa shape index (κ2) is 7.21. The summed E-state index contributed by atoms with van der Waals surface area (Å²) in [4.78, 5) is 0. The van der Waals surface area contributed by atoms with Gasteiger partial charge in [0, 0.05) is 0 Å². The van der Waals surface area contributed by atoms with Gasteiger partial charge in [0.1, 0.15) is 42.7 Å². The molecule has 0 unspecified atom stereocenters. The second-order valence-corrected chi connectivity index (χ2v) is 5.61. The average molecular weight is 341 g/mol. The molecule has 2 saturated heterocycles. The summed E-state index contributed by atoms with van der Waals surface area (Å²) < 4.78 is 15.8. The molecule has 11 nitrogen and oxygen atoms in total. The highest BCUT2D eigenvalue weighted by atomic mass is 16.8. The molecule has 2 aliphatic heterocycles. The highest BCUT2D eigenvalue weighted by Gasteiger charge is 2.57. The summed E-state index contributed by atoms with van der Waals surface area (Å²) >= 11 is 0. The highest BCUT2D eigenvalue weighted by molar-refractivity contribution is 4.99. The van der Waals surface area contributed by atoms with Crippen LogP contribution >= 0.6 is 0 Å². The van der Waals surface area contributed by atoms with E-state index in [1.54, 1.807) is 0 Å². The fourth-order valence-corrected chi connectivity index (χ4v) is 2.68. The van der Waals surface area contributed by atoms with E-state index in [0.717, 1.165) is 0 Å². The zero-order valence-corrected chi connectivity index (χ0v) is 12.2. The van der Waals surface area contributed by atoms with Crippen molar-refractivity contribution < 1.29 is 50.0 Å².